The third-order valence-corrected chi connectivity index (χ3v) is 3.44. The van der Waals surface area contributed by atoms with Gasteiger partial charge in [-0.1, -0.05) is 41.4 Å². The van der Waals surface area contributed by atoms with E-state index in [1.807, 2.05) is 36.4 Å². The lowest BCUT2D eigenvalue weighted by Crippen LogP contribution is -2.11. The van der Waals surface area contributed by atoms with Crippen LogP contribution in [0.25, 0.3) is 0 Å². The summed E-state index contributed by atoms with van der Waals surface area (Å²) < 4.78 is 6.52. The lowest BCUT2D eigenvalue weighted by atomic mass is 10.2. The minimum atomic E-state index is -0.137. The van der Waals surface area contributed by atoms with Crippen molar-refractivity contribution in [1.82, 2.24) is 0 Å². The molecule has 0 saturated heterocycles. The molecule has 2 aromatic carbocycles. The van der Waals surface area contributed by atoms with E-state index in [0.29, 0.717) is 12.2 Å². The molecule has 0 spiro atoms. The van der Waals surface area contributed by atoms with Gasteiger partial charge in [-0.05, 0) is 36.8 Å². The SMILES string of the molecule is CCCCOc1cccc(NC(=O)c2cccc(Br)c2)c1. The van der Waals surface area contributed by atoms with Crippen LogP contribution < -0.4 is 10.1 Å². The van der Waals surface area contributed by atoms with Crippen molar-refractivity contribution >= 4 is 27.5 Å². The van der Waals surface area contributed by atoms with Gasteiger partial charge in [0.25, 0.3) is 5.91 Å². The van der Waals surface area contributed by atoms with Crippen molar-refractivity contribution < 1.29 is 9.53 Å². The Morgan fingerprint density at radius 1 is 1.19 bits per heavy atom. The maximum absolute atomic E-state index is 12.2. The summed E-state index contributed by atoms with van der Waals surface area (Å²) in [6.07, 6.45) is 2.12. The number of nitrogens with one attached hydrogen (secondary N) is 1. The number of anilines is 1. The van der Waals surface area contributed by atoms with Crippen molar-refractivity contribution in [3.05, 3.63) is 58.6 Å². The molecule has 0 bridgehead atoms. The van der Waals surface area contributed by atoms with Gasteiger partial charge in [-0.15, -0.1) is 0 Å². The van der Waals surface area contributed by atoms with E-state index in [1.165, 1.54) is 0 Å². The number of rotatable bonds is 6. The van der Waals surface area contributed by atoms with Crippen LogP contribution in [-0.4, -0.2) is 12.5 Å². The molecule has 0 aromatic heterocycles. The first-order valence-electron chi connectivity index (χ1n) is 6.99. The average molecular weight is 348 g/mol. The smallest absolute Gasteiger partial charge is 0.255 e. The van der Waals surface area contributed by atoms with E-state index in [0.717, 1.165) is 28.8 Å². The highest BCUT2D eigenvalue weighted by Gasteiger charge is 2.07. The van der Waals surface area contributed by atoms with E-state index < -0.39 is 0 Å². The van der Waals surface area contributed by atoms with E-state index in [2.05, 4.69) is 28.2 Å². The van der Waals surface area contributed by atoms with Crippen molar-refractivity contribution in [2.45, 2.75) is 19.8 Å². The van der Waals surface area contributed by atoms with Crippen LogP contribution in [0.15, 0.2) is 53.0 Å². The van der Waals surface area contributed by atoms with E-state index in [-0.39, 0.29) is 5.91 Å². The Kier molecular flexibility index (Phi) is 5.81. The summed E-state index contributed by atoms with van der Waals surface area (Å²) in [5, 5.41) is 2.88. The summed E-state index contributed by atoms with van der Waals surface area (Å²) in [6.45, 7) is 2.82. The number of hydrogen-bond acceptors (Lipinski definition) is 2. The molecule has 1 N–H and O–H groups in total. The highest BCUT2D eigenvalue weighted by molar-refractivity contribution is 9.10. The van der Waals surface area contributed by atoms with Crippen LogP contribution in [0.5, 0.6) is 5.75 Å². The second kappa shape index (κ2) is 7.84. The lowest BCUT2D eigenvalue weighted by Gasteiger charge is -2.09. The van der Waals surface area contributed by atoms with E-state index in [4.69, 9.17) is 4.74 Å². The van der Waals surface area contributed by atoms with Crippen molar-refractivity contribution in [3.63, 3.8) is 0 Å². The van der Waals surface area contributed by atoms with Gasteiger partial charge in [0.05, 0.1) is 6.61 Å². The second-order valence-electron chi connectivity index (χ2n) is 4.69. The molecule has 0 aliphatic carbocycles. The number of unbranched alkanes of at least 4 members (excludes halogenated alkanes) is 1. The molecular formula is C17H18BrNO2. The van der Waals surface area contributed by atoms with Crippen LogP contribution >= 0.6 is 15.9 Å². The third-order valence-electron chi connectivity index (χ3n) is 2.95. The minimum absolute atomic E-state index is 0.137. The summed E-state index contributed by atoms with van der Waals surface area (Å²) in [5.41, 5.74) is 1.34. The maximum Gasteiger partial charge on any atom is 0.255 e. The molecule has 0 unspecified atom stereocenters. The highest BCUT2D eigenvalue weighted by atomic mass is 79.9. The molecule has 0 fully saturated rings. The van der Waals surface area contributed by atoms with Crippen LogP contribution in [0.4, 0.5) is 5.69 Å². The fraction of sp³-hybridized carbons (Fsp3) is 0.235. The molecule has 0 atom stereocenters. The number of carbonyl (C=O) groups is 1. The molecular weight excluding hydrogens is 330 g/mol. The summed E-state index contributed by atoms with van der Waals surface area (Å²) in [6, 6.07) is 14.7. The standard InChI is InChI=1S/C17H18BrNO2/c1-2-3-10-21-16-9-5-8-15(12-16)19-17(20)13-6-4-7-14(18)11-13/h4-9,11-12H,2-3,10H2,1H3,(H,19,20). The van der Waals surface area contributed by atoms with Gasteiger partial charge in [0.2, 0.25) is 0 Å². The Hall–Kier alpha value is -1.81. The summed E-state index contributed by atoms with van der Waals surface area (Å²) in [4.78, 5) is 12.2. The molecule has 4 heteroatoms. The normalized spacial score (nSPS) is 10.2. The van der Waals surface area contributed by atoms with Crippen LogP contribution in [0.1, 0.15) is 30.1 Å². The van der Waals surface area contributed by atoms with Crippen LogP contribution in [-0.2, 0) is 0 Å². The largest absolute Gasteiger partial charge is 0.494 e. The molecule has 110 valence electrons. The van der Waals surface area contributed by atoms with Gasteiger partial charge < -0.3 is 10.1 Å². The topological polar surface area (TPSA) is 38.3 Å². The van der Waals surface area contributed by atoms with E-state index >= 15 is 0 Å². The third kappa shape index (κ3) is 4.90. The van der Waals surface area contributed by atoms with Gasteiger partial charge in [-0.3, -0.25) is 4.79 Å². The zero-order chi connectivity index (χ0) is 15.1. The number of carbonyl (C=O) groups excluding carboxylic acids is 1. The first-order chi connectivity index (χ1) is 10.2. The van der Waals surface area contributed by atoms with Crippen molar-refractivity contribution in [2.24, 2.45) is 0 Å². The predicted octanol–water partition coefficient (Wildman–Crippen LogP) is 4.88. The number of benzene rings is 2. The first kappa shape index (κ1) is 15.6. The fourth-order valence-electron chi connectivity index (χ4n) is 1.83. The Balaban J connectivity index is 2.02. The van der Waals surface area contributed by atoms with Crippen molar-refractivity contribution in [1.29, 1.82) is 0 Å². The molecule has 1 amide bonds. The van der Waals surface area contributed by atoms with Gasteiger partial charge in [-0.2, -0.15) is 0 Å². The minimum Gasteiger partial charge on any atom is -0.494 e. The average Bonchev–Trinajstić information content (AvgIpc) is 2.48. The molecule has 2 rings (SSSR count). The quantitative estimate of drug-likeness (QED) is 0.756. The number of amides is 1. The van der Waals surface area contributed by atoms with Gasteiger partial charge in [0.15, 0.2) is 0 Å². The monoisotopic (exact) mass is 347 g/mol. The van der Waals surface area contributed by atoms with Crippen molar-refractivity contribution in [3.8, 4) is 5.75 Å². The summed E-state index contributed by atoms with van der Waals surface area (Å²) in [7, 11) is 0. The predicted molar refractivity (Wildman–Crippen MR) is 88.9 cm³/mol. The molecule has 2 aromatic rings. The van der Waals surface area contributed by atoms with Crippen molar-refractivity contribution in [2.75, 3.05) is 11.9 Å². The van der Waals surface area contributed by atoms with Gasteiger partial charge in [0.1, 0.15) is 5.75 Å². The fourth-order valence-corrected chi connectivity index (χ4v) is 2.23. The first-order valence-corrected chi connectivity index (χ1v) is 7.78. The number of halogens is 1. The molecule has 0 heterocycles. The Labute approximate surface area is 133 Å². The van der Waals surface area contributed by atoms with Gasteiger partial charge in [0, 0.05) is 21.8 Å². The van der Waals surface area contributed by atoms with Crippen LogP contribution in [0.2, 0.25) is 0 Å². The Morgan fingerprint density at radius 3 is 2.76 bits per heavy atom. The lowest BCUT2D eigenvalue weighted by molar-refractivity contribution is 0.102. The molecule has 21 heavy (non-hydrogen) atoms. The Morgan fingerprint density at radius 2 is 2.00 bits per heavy atom. The van der Waals surface area contributed by atoms with E-state index in [1.54, 1.807) is 12.1 Å². The van der Waals surface area contributed by atoms with Crippen LogP contribution in [0, 0.1) is 0 Å². The molecule has 3 nitrogen and oxygen atoms in total. The molecule has 0 aliphatic heterocycles. The van der Waals surface area contributed by atoms with E-state index in [9.17, 15) is 4.79 Å². The summed E-state index contributed by atoms with van der Waals surface area (Å²) in [5.74, 6) is 0.637. The zero-order valence-electron chi connectivity index (χ0n) is 11.9. The number of hydrogen-bond donors (Lipinski definition) is 1. The molecule has 0 aliphatic rings. The molecule has 0 radical (unpaired) electrons. The number of ether oxygens (including phenoxy) is 1. The zero-order valence-corrected chi connectivity index (χ0v) is 13.5. The second-order valence-corrected chi connectivity index (χ2v) is 5.61. The van der Waals surface area contributed by atoms with Gasteiger partial charge in [-0.25, -0.2) is 0 Å². The highest BCUT2D eigenvalue weighted by Crippen LogP contribution is 2.19. The Bertz CT molecular complexity index is 613. The maximum atomic E-state index is 12.2. The molecule has 0 saturated carbocycles. The van der Waals surface area contributed by atoms with Gasteiger partial charge >= 0.3 is 0 Å². The van der Waals surface area contributed by atoms with Crippen LogP contribution in [0.3, 0.4) is 0 Å². The summed E-state index contributed by atoms with van der Waals surface area (Å²) >= 11 is 3.36.